The average Bonchev–Trinajstić information content (AvgIpc) is 2.44. The van der Waals surface area contributed by atoms with Gasteiger partial charge in [0, 0.05) is 10.0 Å². The van der Waals surface area contributed by atoms with Crippen LogP contribution < -0.4 is 10.5 Å². The van der Waals surface area contributed by atoms with Crippen LogP contribution >= 0.6 is 15.9 Å². The van der Waals surface area contributed by atoms with Gasteiger partial charge >= 0.3 is 0 Å². The molecule has 14 heavy (non-hydrogen) atoms. The van der Waals surface area contributed by atoms with E-state index in [0.29, 0.717) is 0 Å². The van der Waals surface area contributed by atoms with E-state index in [1.54, 1.807) is 0 Å². The smallest absolute Gasteiger partial charge is 0.125 e. The van der Waals surface area contributed by atoms with Gasteiger partial charge in [-0.3, -0.25) is 0 Å². The van der Waals surface area contributed by atoms with Gasteiger partial charge in [0.1, 0.15) is 11.9 Å². The van der Waals surface area contributed by atoms with Gasteiger partial charge in [-0.05, 0) is 18.6 Å². The molecule has 1 aromatic carbocycles. The van der Waals surface area contributed by atoms with Crippen LogP contribution in [0.5, 0.6) is 5.75 Å². The summed E-state index contributed by atoms with van der Waals surface area (Å²) in [6.45, 7) is 2.15. The van der Waals surface area contributed by atoms with Gasteiger partial charge in [-0.1, -0.05) is 35.3 Å². The van der Waals surface area contributed by atoms with E-state index in [1.807, 2.05) is 18.2 Å². The number of halogens is 1. The maximum Gasteiger partial charge on any atom is 0.125 e. The highest BCUT2D eigenvalue weighted by Crippen LogP contribution is 2.38. The molecule has 0 fully saturated rings. The lowest BCUT2D eigenvalue weighted by atomic mass is 10.0. The summed E-state index contributed by atoms with van der Waals surface area (Å²) in [5.74, 6) is 0.935. The molecule has 0 amide bonds. The van der Waals surface area contributed by atoms with Crippen molar-refractivity contribution in [2.24, 2.45) is 5.73 Å². The second kappa shape index (κ2) is 3.91. The third-order valence-electron chi connectivity index (χ3n) is 2.59. The summed E-state index contributed by atoms with van der Waals surface area (Å²) in [7, 11) is 0. The fourth-order valence-electron chi connectivity index (χ4n) is 1.85. The maximum absolute atomic E-state index is 6.09. The Morgan fingerprint density at radius 1 is 1.50 bits per heavy atom. The van der Waals surface area contributed by atoms with Crippen LogP contribution in [-0.4, -0.2) is 6.10 Å². The van der Waals surface area contributed by atoms with Gasteiger partial charge in [-0.25, -0.2) is 0 Å². The molecule has 3 heteroatoms. The average molecular weight is 256 g/mol. The van der Waals surface area contributed by atoms with E-state index in [4.69, 9.17) is 10.5 Å². The summed E-state index contributed by atoms with van der Waals surface area (Å²) in [5.41, 5.74) is 7.22. The van der Waals surface area contributed by atoms with Crippen molar-refractivity contribution in [1.82, 2.24) is 0 Å². The fourth-order valence-corrected chi connectivity index (χ4v) is 2.19. The van der Waals surface area contributed by atoms with Gasteiger partial charge in [0.25, 0.3) is 0 Å². The molecule has 76 valence electrons. The van der Waals surface area contributed by atoms with Gasteiger partial charge in [0.05, 0.1) is 6.04 Å². The first-order valence-electron chi connectivity index (χ1n) is 4.94. The quantitative estimate of drug-likeness (QED) is 0.882. The SMILES string of the molecule is CCCC1Oc2cc(Br)ccc2C1N. The molecule has 1 aliphatic rings. The van der Waals surface area contributed by atoms with Gasteiger partial charge in [0.15, 0.2) is 0 Å². The van der Waals surface area contributed by atoms with Crippen LogP contribution in [0.4, 0.5) is 0 Å². The molecule has 0 radical (unpaired) electrons. The Bertz CT molecular complexity index is 340. The Morgan fingerprint density at radius 2 is 2.29 bits per heavy atom. The maximum atomic E-state index is 6.09. The Kier molecular flexibility index (Phi) is 2.79. The summed E-state index contributed by atoms with van der Waals surface area (Å²) in [6, 6.07) is 6.08. The molecule has 1 heterocycles. The second-order valence-corrected chi connectivity index (χ2v) is 4.57. The normalized spacial score (nSPS) is 24.5. The highest BCUT2D eigenvalue weighted by molar-refractivity contribution is 9.10. The highest BCUT2D eigenvalue weighted by Gasteiger charge is 2.30. The number of benzene rings is 1. The molecule has 0 saturated carbocycles. The molecule has 2 nitrogen and oxygen atoms in total. The largest absolute Gasteiger partial charge is 0.488 e. The van der Waals surface area contributed by atoms with Crippen LogP contribution in [0.25, 0.3) is 0 Å². The van der Waals surface area contributed by atoms with Crippen LogP contribution in [0, 0.1) is 0 Å². The van der Waals surface area contributed by atoms with Crippen LogP contribution in [0.3, 0.4) is 0 Å². The topological polar surface area (TPSA) is 35.2 Å². The fraction of sp³-hybridized carbons (Fsp3) is 0.455. The number of rotatable bonds is 2. The van der Waals surface area contributed by atoms with Crippen molar-refractivity contribution in [2.75, 3.05) is 0 Å². The van der Waals surface area contributed by atoms with Crippen LogP contribution in [0.15, 0.2) is 22.7 Å². The zero-order valence-electron chi connectivity index (χ0n) is 8.16. The van der Waals surface area contributed by atoms with Crippen molar-refractivity contribution in [1.29, 1.82) is 0 Å². The van der Waals surface area contributed by atoms with Crippen molar-refractivity contribution in [3.63, 3.8) is 0 Å². The van der Waals surface area contributed by atoms with Gasteiger partial charge in [-0.15, -0.1) is 0 Å². The van der Waals surface area contributed by atoms with E-state index in [0.717, 1.165) is 28.6 Å². The minimum Gasteiger partial charge on any atom is -0.488 e. The lowest BCUT2D eigenvalue weighted by Crippen LogP contribution is -2.24. The monoisotopic (exact) mass is 255 g/mol. The first kappa shape index (κ1) is 9.99. The van der Waals surface area contributed by atoms with Gasteiger partial charge in [0.2, 0.25) is 0 Å². The van der Waals surface area contributed by atoms with Crippen LogP contribution in [-0.2, 0) is 0 Å². The van der Waals surface area contributed by atoms with E-state index in [2.05, 4.69) is 22.9 Å². The third-order valence-corrected chi connectivity index (χ3v) is 3.08. The molecule has 0 saturated heterocycles. The summed E-state index contributed by atoms with van der Waals surface area (Å²) in [5, 5.41) is 0. The minimum atomic E-state index is 0.0399. The van der Waals surface area contributed by atoms with E-state index in [1.165, 1.54) is 0 Å². The molecule has 2 atom stereocenters. The Labute approximate surface area is 92.6 Å². The molecule has 0 aromatic heterocycles. The van der Waals surface area contributed by atoms with E-state index in [-0.39, 0.29) is 12.1 Å². The zero-order valence-corrected chi connectivity index (χ0v) is 9.75. The van der Waals surface area contributed by atoms with Crippen molar-refractivity contribution in [3.8, 4) is 5.75 Å². The number of fused-ring (bicyclic) bond motifs is 1. The number of hydrogen-bond donors (Lipinski definition) is 1. The number of ether oxygens (including phenoxy) is 1. The molecule has 2 N–H and O–H groups in total. The molecule has 2 unspecified atom stereocenters. The molecule has 1 aromatic rings. The van der Waals surface area contributed by atoms with Crippen LogP contribution in [0.2, 0.25) is 0 Å². The standard InChI is InChI=1S/C11H14BrNO/c1-2-3-9-11(13)8-5-4-7(12)6-10(8)14-9/h4-6,9,11H,2-3,13H2,1H3. The summed E-state index contributed by atoms with van der Waals surface area (Å²) in [6.07, 6.45) is 2.28. The van der Waals surface area contributed by atoms with Crippen molar-refractivity contribution < 1.29 is 4.74 Å². The van der Waals surface area contributed by atoms with Gasteiger partial charge < -0.3 is 10.5 Å². The Hall–Kier alpha value is -0.540. The Morgan fingerprint density at radius 3 is 3.00 bits per heavy atom. The lowest BCUT2D eigenvalue weighted by Gasteiger charge is -2.13. The molecule has 1 aliphatic heterocycles. The third kappa shape index (κ3) is 1.66. The van der Waals surface area contributed by atoms with E-state index < -0.39 is 0 Å². The van der Waals surface area contributed by atoms with E-state index >= 15 is 0 Å². The van der Waals surface area contributed by atoms with Crippen molar-refractivity contribution in [3.05, 3.63) is 28.2 Å². The summed E-state index contributed by atoms with van der Waals surface area (Å²) < 4.78 is 6.83. The number of nitrogens with two attached hydrogens (primary N) is 1. The first-order chi connectivity index (χ1) is 6.72. The second-order valence-electron chi connectivity index (χ2n) is 3.65. The molecule has 0 aliphatic carbocycles. The summed E-state index contributed by atoms with van der Waals surface area (Å²) in [4.78, 5) is 0. The Balaban J connectivity index is 2.26. The van der Waals surface area contributed by atoms with Crippen LogP contribution in [0.1, 0.15) is 31.4 Å². The lowest BCUT2D eigenvalue weighted by molar-refractivity contribution is 0.195. The minimum absolute atomic E-state index is 0.0399. The molecule has 0 bridgehead atoms. The predicted molar refractivity (Wildman–Crippen MR) is 60.4 cm³/mol. The zero-order chi connectivity index (χ0) is 10.1. The first-order valence-corrected chi connectivity index (χ1v) is 5.73. The molecular weight excluding hydrogens is 242 g/mol. The van der Waals surface area contributed by atoms with Crippen molar-refractivity contribution >= 4 is 15.9 Å². The van der Waals surface area contributed by atoms with E-state index in [9.17, 15) is 0 Å². The number of hydrogen-bond acceptors (Lipinski definition) is 2. The molecule has 0 spiro atoms. The molecule has 2 rings (SSSR count). The molecular formula is C11H14BrNO. The predicted octanol–water partition coefficient (Wildman–Crippen LogP) is 3.01. The van der Waals surface area contributed by atoms with Gasteiger partial charge in [-0.2, -0.15) is 0 Å². The highest BCUT2D eigenvalue weighted by atomic mass is 79.9. The van der Waals surface area contributed by atoms with Crippen molar-refractivity contribution in [2.45, 2.75) is 31.9 Å². The summed E-state index contributed by atoms with van der Waals surface area (Å²) >= 11 is 3.42.